The van der Waals surface area contributed by atoms with Crippen LogP contribution >= 0.6 is 0 Å². The first-order valence-electron chi connectivity index (χ1n) is 12.9. The number of piperidine rings is 3. The van der Waals surface area contributed by atoms with Gasteiger partial charge in [-0.05, 0) is 30.5 Å². The van der Waals surface area contributed by atoms with Crippen molar-refractivity contribution in [3.8, 4) is 0 Å². The fourth-order valence-corrected chi connectivity index (χ4v) is 6.45. The number of benzene rings is 1. The Morgan fingerprint density at radius 3 is 2.31 bits per heavy atom. The number of aromatic nitrogens is 1. The first-order chi connectivity index (χ1) is 16.6. The number of nitrogens with one attached hydrogen (secondary N) is 1. The summed E-state index contributed by atoms with van der Waals surface area (Å²) in [4.78, 5) is 30.9. The van der Waals surface area contributed by atoms with Crippen LogP contribution in [0.4, 0.5) is 5.82 Å². The van der Waals surface area contributed by atoms with E-state index in [1.54, 1.807) is 12.3 Å². The van der Waals surface area contributed by atoms with Crippen LogP contribution in [0.25, 0.3) is 0 Å². The Kier molecular flexibility index (Phi) is 8.12. The molecule has 2 aromatic rings. The average Bonchev–Trinajstić information content (AvgIpc) is 3.13. The molecule has 1 aromatic carbocycles. The van der Waals surface area contributed by atoms with Crippen molar-refractivity contribution in [2.24, 2.45) is 5.92 Å². The fraction of sp³-hybridized carbons (Fsp3) is 0.536. The smallest absolute Gasteiger partial charge is 0.317 e. The van der Waals surface area contributed by atoms with Crippen LogP contribution in [0.5, 0.6) is 0 Å². The number of hydrogen-bond donors (Lipinski definition) is 1. The fourth-order valence-electron chi connectivity index (χ4n) is 6.45. The van der Waals surface area contributed by atoms with E-state index in [1.165, 1.54) is 12.8 Å². The predicted molar refractivity (Wildman–Crippen MR) is 131 cm³/mol. The van der Waals surface area contributed by atoms with Crippen LogP contribution in [0, 0.1) is 5.92 Å². The number of carbonyl (C=O) groups excluding carboxylic acids is 2. The molecule has 4 heterocycles. The van der Waals surface area contributed by atoms with Gasteiger partial charge in [0.25, 0.3) is 5.91 Å². The van der Waals surface area contributed by atoms with Gasteiger partial charge in [-0.1, -0.05) is 62.1 Å². The standard InChI is InChI=1S/C28H35N3O3.ClH/c32-26(30-25-12-6-9-17-29-25)21-31-18-13-22(14-19-31)24(20-31)34-27(33)28(15-7-1-2-8-16-28)23-10-4-3-5-11-23;/h3-6,9-12,17,22,24H,1-2,7-8,13-16,18-21H2;1H. The number of esters is 1. The third-order valence-electron chi connectivity index (χ3n) is 8.39. The summed E-state index contributed by atoms with van der Waals surface area (Å²) in [5, 5.41) is 2.93. The minimum atomic E-state index is -0.537. The molecule has 1 unspecified atom stereocenters. The SMILES string of the molecule is O=C(C[N+]12CCC(CC1)C(OC(=O)C1(c3ccccc3)CCCCCC1)C2)Nc1ccccn1.[Cl-]. The number of rotatable bonds is 6. The van der Waals surface area contributed by atoms with Crippen molar-refractivity contribution in [2.45, 2.75) is 62.9 Å². The molecule has 6 nitrogen and oxygen atoms in total. The summed E-state index contributed by atoms with van der Waals surface area (Å²) >= 11 is 0. The summed E-state index contributed by atoms with van der Waals surface area (Å²) in [7, 11) is 0. The number of amides is 1. The van der Waals surface area contributed by atoms with E-state index < -0.39 is 5.41 Å². The molecule has 0 spiro atoms. The van der Waals surface area contributed by atoms with Gasteiger partial charge < -0.3 is 26.9 Å². The lowest BCUT2D eigenvalue weighted by Gasteiger charge is -2.52. The van der Waals surface area contributed by atoms with E-state index in [0.29, 0.717) is 22.8 Å². The second-order valence-electron chi connectivity index (χ2n) is 10.5. The van der Waals surface area contributed by atoms with Crippen molar-refractivity contribution >= 4 is 17.7 Å². The summed E-state index contributed by atoms with van der Waals surface area (Å²) in [5.41, 5.74) is 0.562. The van der Waals surface area contributed by atoms with E-state index in [2.05, 4.69) is 22.4 Å². The zero-order valence-electron chi connectivity index (χ0n) is 20.3. The molecule has 1 amide bonds. The Bertz CT molecular complexity index is 985. The lowest BCUT2D eigenvalue weighted by atomic mass is 9.74. The number of halogens is 1. The van der Waals surface area contributed by atoms with E-state index >= 15 is 0 Å². The number of ether oxygens (including phenoxy) is 1. The van der Waals surface area contributed by atoms with Gasteiger partial charge in [0.15, 0.2) is 12.6 Å². The Hall–Kier alpha value is -2.44. The number of pyridine rings is 1. The van der Waals surface area contributed by atoms with Crippen molar-refractivity contribution in [2.75, 3.05) is 31.5 Å². The lowest BCUT2D eigenvalue weighted by Crippen LogP contribution is -3.00. The highest BCUT2D eigenvalue weighted by atomic mass is 35.5. The molecule has 188 valence electrons. The topological polar surface area (TPSA) is 68.3 Å². The van der Waals surface area contributed by atoms with Gasteiger partial charge in [-0.15, -0.1) is 0 Å². The van der Waals surface area contributed by atoms with Gasteiger partial charge >= 0.3 is 5.97 Å². The van der Waals surface area contributed by atoms with Crippen molar-refractivity contribution in [1.29, 1.82) is 0 Å². The second-order valence-corrected chi connectivity index (χ2v) is 10.5. The normalized spacial score (nSPS) is 27.2. The highest BCUT2D eigenvalue weighted by Gasteiger charge is 2.51. The zero-order valence-corrected chi connectivity index (χ0v) is 21.1. The predicted octanol–water partition coefficient (Wildman–Crippen LogP) is 1.47. The summed E-state index contributed by atoms with van der Waals surface area (Å²) in [6.45, 7) is 3.08. The molecule has 35 heavy (non-hydrogen) atoms. The van der Waals surface area contributed by atoms with Gasteiger partial charge in [-0.25, -0.2) is 4.98 Å². The Morgan fingerprint density at radius 2 is 1.66 bits per heavy atom. The van der Waals surface area contributed by atoms with Gasteiger partial charge in [0.05, 0.1) is 18.5 Å². The lowest BCUT2D eigenvalue weighted by molar-refractivity contribution is -0.939. The number of fused-ring (bicyclic) bond motifs is 3. The van der Waals surface area contributed by atoms with E-state index in [0.717, 1.165) is 63.7 Å². The summed E-state index contributed by atoms with van der Waals surface area (Å²) < 4.78 is 7.10. The third-order valence-corrected chi connectivity index (χ3v) is 8.39. The van der Waals surface area contributed by atoms with E-state index in [9.17, 15) is 9.59 Å². The van der Waals surface area contributed by atoms with E-state index in [1.807, 2.05) is 30.3 Å². The summed E-state index contributed by atoms with van der Waals surface area (Å²) in [6, 6.07) is 15.8. The highest BCUT2D eigenvalue weighted by Crippen LogP contribution is 2.42. The van der Waals surface area contributed by atoms with Gasteiger partial charge in [0.1, 0.15) is 12.4 Å². The van der Waals surface area contributed by atoms with Crippen LogP contribution in [-0.2, 0) is 19.7 Å². The van der Waals surface area contributed by atoms with Gasteiger partial charge in [0, 0.05) is 25.0 Å². The summed E-state index contributed by atoms with van der Waals surface area (Å²) in [6.07, 6.45) is 9.79. The van der Waals surface area contributed by atoms with Gasteiger partial charge in [-0.2, -0.15) is 0 Å². The first kappa shape index (κ1) is 25.6. The van der Waals surface area contributed by atoms with Crippen molar-refractivity contribution in [3.05, 3.63) is 60.3 Å². The molecule has 1 aromatic heterocycles. The Labute approximate surface area is 214 Å². The van der Waals surface area contributed by atoms with Crippen LogP contribution in [0.15, 0.2) is 54.7 Å². The second kappa shape index (κ2) is 11.1. The number of nitrogens with zero attached hydrogens (tertiary/aromatic N) is 2. The largest absolute Gasteiger partial charge is 1.00 e. The molecule has 2 bridgehead atoms. The molecule has 1 N–H and O–H groups in total. The molecule has 1 aliphatic carbocycles. The van der Waals surface area contributed by atoms with Crippen LogP contribution in [0.3, 0.4) is 0 Å². The average molecular weight is 498 g/mol. The molecule has 1 atom stereocenters. The van der Waals surface area contributed by atoms with Crippen LogP contribution in [-0.4, -0.2) is 53.6 Å². The van der Waals surface area contributed by atoms with Crippen molar-refractivity contribution in [3.63, 3.8) is 0 Å². The van der Waals surface area contributed by atoms with Crippen LogP contribution < -0.4 is 17.7 Å². The number of anilines is 1. The maximum Gasteiger partial charge on any atom is 0.317 e. The maximum atomic E-state index is 13.9. The zero-order chi connectivity index (χ0) is 23.4. The summed E-state index contributed by atoms with van der Waals surface area (Å²) in [5.74, 6) is 0.921. The number of carbonyl (C=O) groups is 2. The minimum absolute atomic E-state index is 0. The molecule has 4 aliphatic rings. The molecular formula is C28H36ClN3O3. The van der Waals surface area contributed by atoms with Crippen LogP contribution in [0.1, 0.15) is 56.9 Å². The molecule has 0 radical (unpaired) electrons. The van der Waals surface area contributed by atoms with Crippen molar-refractivity contribution in [1.82, 2.24) is 4.98 Å². The number of quaternary nitrogens is 1. The van der Waals surface area contributed by atoms with Crippen LogP contribution in [0.2, 0.25) is 0 Å². The highest BCUT2D eigenvalue weighted by molar-refractivity contribution is 5.90. The van der Waals surface area contributed by atoms with Gasteiger partial charge in [0.2, 0.25) is 0 Å². The molecule has 7 heteroatoms. The molecular weight excluding hydrogens is 462 g/mol. The quantitative estimate of drug-likeness (QED) is 0.373. The molecule has 1 saturated carbocycles. The minimum Gasteiger partial charge on any atom is -1.00 e. The molecule has 3 saturated heterocycles. The molecule has 6 rings (SSSR count). The van der Waals surface area contributed by atoms with E-state index in [-0.39, 0.29) is 30.4 Å². The Balaban J connectivity index is 0.00000289. The molecule has 3 aliphatic heterocycles. The van der Waals surface area contributed by atoms with E-state index in [4.69, 9.17) is 4.74 Å². The van der Waals surface area contributed by atoms with Gasteiger partial charge in [-0.3, -0.25) is 9.59 Å². The first-order valence-corrected chi connectivity index (χ1v) is 12.9. The Morgan fingerprint density at radius 1 is 0.971 bits per heavy atom. The maximum absolute atomic E-state index is 13.9. The third kappa shape index (κ3) is 5.54. The van der Waals surface area contributed by atoms with Crippen molar-refractivity contribution < 1.29 is 31.2 Å². The monoisotopic (exact) mass is 497 g/mol. The molecule has 4 fully saturated rings. The number of hydrogen-bond acceptors (Lipinski definition) is 4.